The molecule has 0 saturated heterocycles. The van der Waals surface area contributed by atoms with E-state index in [1.165, 1.54) is 6.42 Å². The molecule has 0 aliphatic heterocycles. The van der Waals surface area contributed by atoms with Crippen LogP contribution in [-0.4, -0.2) is 27.7 Å². The molecular weight excluding hydrogens is 190 g/mol. The summed E-state index contributed by atoms with van der Waals surface area (Å²) in [6.45, 7) is 2.22. The molecule has 0 spiro atoms. The summed E-state index contributed by atoms with van der Waals surface area (Å²) in [5.41, 5.74) is 1.06. The van der Waals surface area contributed by atoms with Gasteiger partial charge in [0, 0.05) is 31.0 Å². The summed E-state index contributed by atoms with van der Waals surface area (Å²) < 4.78 is 0. The number of aromatic nitrogens is 2. The smallest absolute Gasteiger partial charge is 0.222 e. The summed E-state index contributed by atoms with van der Waals surface area (Å²) in [7, 11) is 0. The van der Waals surface area contributed by atoms with Gasteiger partial charge in [0.2, 0.25) is 5.95 Å². The molecular formula is C11H17N3O. The van der Waals surface area contributed by atoms with Crippen molar-refractivity contribution >= 4 is 5.95 Å². The van der Waals surface area contributed by atoms with Gasteiger partial charge in [-0.25, -0.2) is 9.97 Å². The first kappa shape index (κ1) is 10.4. The number of aliphatic hydroxyl groups is 1. The maximum Gasteiger partial charge on any atom is 0.222 e. The van der Waals surface area contributed by atoms with E-state index in [2.05, 4.69) is 15.3 Å². The monoisotopic (exact) mass is 207 g/mol. The van der Waals surface area contributed by atoms with Crippen molar-refractivity contribution in [2.75, 3.05) is 11.9 Å². The van der Waals surface area contributed by atoms with E-state index in [0.29, 0.717) is 17.9 Å². The highest BCUT2D eigenvalue weighted by Crippen LogP contribution is 2.27. The van der Waals surface area contributed by atoms with Crippen LogP contribution in [0.2, 0.25) is 0 Å². The molecule has 2 rings (SSSR count). The molecule has 4 nitrogen and oxygen atoms in total. The van der Waals surface area contributed by atoms with Gasteiger partial charge in [-0.3, -0.25) is 0 Å². The van der Waals surface area contributed by atoms with Gasteiger partial charge in [-0.15, -0.1) is 0 Å². The summed E-state index contributed by atoms with van der Waals surface area (Å²) in [5.74, 6) is 1.03. The molecule has 15 heavy (non-hydrogen) atoms. The molecule has 2 atom stereocenters. The Hall–Kier alpha value is -1.16. The molecule has 0 bridgehead atoms. The lowest BCUT2D eigenvalue weighted by Crippen LogP contribution is -2.27. The second-order valence-electron chi connectivity index (χ2n) is 4.21. The van der Waals surface area contributed by atoms with Crippen molar-refractivity contribution in [3.05, 3.63) is 18.0 Å². The van der Waals surface area contributed by atoms with Crippen molar-refractivity contribution < 1.29 is 5.11 Å². The van der Waals surface area contributed by atoms with E-state index in [1.54, 1.807) is 12.4 Å². The zero-order chi connectivity index (χ0) is 10.7. The molecule has 4 heteroatoms. The maximum absolute atomic E-state index is 9.18. The minimum Gasteiger partial charge on any atom is -0.396 e. The molecule has 0 amide bonds. The van der Waals surface area contributed by atoms with Crippen molar-refractivity contribution in [2.24, 2.45) is 5.92 Å². The molecule has 1 saturated carbocycles. The number of anilines is 1. The third-order valence-electron chi connectivity index (χ3n) is 2.99. The number of nitrogens with one attached hydrogen (secondary N) is 1. The first-order valence-corrected chi connectivity index (χ1v) is 5.45. The largest absolute Gasteiger partial charge is 0.396 e. The summed E-state index contributed by atoms with van der Waals surface area (Å²) in [5, 5.41) is 12.5. The van der Waals surface area contributed by atoms with Gasteiger partial charge in [0.15, 0.2) is 0 Å². The van der Waals surface area contributed by atoms with Crippen LogP contribution in [0, 0.1) is 12.8 Å². The van der Waals surface area contributed by atoms with Crippen LogP contribution >= 0.6 is 0 Å². The van der Waals surface area contributed by atoms with Gasteiger partial charge in [0.1, 0.15) is 0 Å². The molecule has 1 aliphatic rings. The summed E-state index contributed by atoms with van der Waals surface area (Å²) in [6.07, 6.45) is 6.98. The van der Waals surface area contributed by atoms with Crippen molar-refractivity contribution in [3.8, 4) is 0 Å². The fourth-order valence-corrected chi connectivity index (χ4v) is 2.08. The number of aryl methyl sites for hydroxylation is 1. The predicted octanol–water partition coefficient (Wildman–Crippen LogP) is 1.36. The van der Waals surface area contributed by atoms with Crippen LogP contribution in [0.5, 0.6) is 0 Å². The lowest BCUT2D eigenvalue weighted by atomic mass is 10.1. The van der Waals surface area contributed by atoms with Crippen LogP contribution in [0.4, 0.5) is 5.95 Å². The number of rotatable bonds is 3. The Morgan fingerprint density at radius 1 is 1.40 bits per heavy atom. The summed E-state index contributed by atoms with van der Waals surface area (Å²) >= 11 is 0. The maximum atomic E-state index is 9.18. The highest BCUT2D eigenvalue weighted by molar-refractivity contribution is 5.26. The number of nitrogens with zero attached hydrogens (tertiary/aromatic N) is 2. The first-order chi connectivity index (χ1) is 7.29. The molecule has 1 aromatic heterocycles. The molecule has 1 aliphatic carbocycles. The second-order valence-corrected chi connectivity index (χ2v) is 4.21. The van der Waals surface area contributed by atoms with E-state index in [4.69, 9.17) is 0 Å². The average molecular weight is 207 g/mol. The average Bonchev–Trinajstić information content (AvgIpc) is 2.69. The molecule has 1 fully saturated rings. The van der Waals surface area contributed by atoms with Crippen molar-refractivity contribution in [2.45, 2.75) is 32.2 Å². The van der Waals surface area contributed by atoms with Gasteiger partial charge in [-0.2, -0.15) is 0 Å². The van der Waals surface area contributed by atoms with Gasteiger partial charge in [-0.05, 0) is 25.3 Å². The van der Waals surface area contributed by atoms with Crippen molar-refractivity contribution in [1.29, 1.82) is 0 Å². The SMILES string of the molecule is Cc1cnc(NC2CCCC2CO)nc1. The van der Waals surface area contributed by atoms with Crippen LogP contribution in [0.3, 0.4) is 0 Å². The normalized spacial score (nSPS) is 25.5. The Morgan fingerprint density at radius 3 is 2.80 bits per heavy atom. The van der Waals surface area contributed by atoms with Crippen LogP contribution < -0.4 is 5.32 Å². The Kier molecular flexibility index (Phi) is 3.16. The minimum atomic E-state index is 0.254. The summed E-state index contributed by atoms with van der Waals surface area (Å²) in [6, 6.07) is 0.331. The topological polar surface area (TPSA) is 58.0 Å². The molecule has 82 valence electrons. The quantitative estimate of drug-likeness (QED) is 0.785. The third kappa shape index (κ3) is 2.45. The number of hydrogen-bond acceptors (Lipinski definition) is 4. The number of aliphatic hydroxyl groups excluding tert-OH is 1. The van der Waals surface area contributed by atoms with Crippen molar-refractivity contribution in [1.82, 2.24) is 9.97 Å². The second kappa shape index (κ2) is 4.57. The van der Waals surface area contributed by atoms with Gasteiger partial charge < -0.3 is 10.4 Å². The Labute approximate surface area is 89.8 Å². The van der Waals surface area contributed by atoms with E-state index in [1.807, 2.05) is 6.92 Å². The van der Waals surface area contributed by atoms with Crippen LogP contribution in [-0.2, 0) is 0 Å². The fraction of sp³-hybridized carbons (Fsp3) is 0.636. The zero-order valence-electron chi connectivity index (χ0n) is 8.98. The van der Waals surface area contributed by atoms with Gasteiger partial charge in [-0.1, -0.05) is 6.42 Å². The van der Waals surface area contributed by atoms with E-state index in [0.717, 1.165) is 18.4 Å². The molecule has 1 heterocycles. The first-order valence-electron chi connectivity index (χ1n) is 5.45. The van der Waals surface area contributed by atoms with Crippen LogP contribution in [0.15, 0.2) is 12.4 Å². The van der Waals surface area contributed by atoms with Gasteiger partial charge >= 0.3 is 0 Å². The van der Waals surface area contributed by atoms with Crippen molar-refractivity contribution in [3.63, 3.8) is 0 Å². The standard InChI is InChI=1S/C11H17N3O/c1-8-5-12-11(13-6-8)14-10-4-2-3-9(10)7-15/h5-6,9-10,15H,2-4,7H2,1H3,(H,12,13,14). The van der Waals surface area contributed by atoms with Gasteiger partial charge in [0.25, 0.3) is 0 Å². The molecule has 1 aromatic rings. The van der Waals surface area contributed by atoms with Crippen LogP contribution in [0.25, 0.3) is 0 Å². The predicted molar refractivity (Wildman–Crippen MR) is 58.6 cm³/mol. The summed E-state index contributed by atoms with van der Waals surface area (Å²) in [4.78, 5) is 8.41. The lowest BCUT2D eigenvalue weighted by Gasteiger charge is -2.18. The minimum absolute atomic E-state index is 0.254. The molecule has 0 radical (unpaired) electrons. The highest BCUT2D eigenvalue weighted by atomic mass is 16.3. The van der Waals surface area contributed by atoms with E-state index in [9.17, 15) is 5.11 Å². The van der Waals surface area contributed by atoms with Gasteiger partial charge in [0.05, 0.1) is 0 Å². The highest BCUT2D eigenvalue weighted by Gasteiger charge is 2.26. The Bertz CT molecular complexity index is 312. The molecule has 2 unspecified atom stereocenters. The Morgan fingerprint density at radius 2 is 2.13 bits per heavy atom. The van der Waals surface area contributed by atoms with E-state index >= 15 is 0 Å². The van der Waals surface area contributed by atoms with E-state index < -0.39 is 0 Å². The van der Waals surface area contributed by atoms with Crippen LogP contribution in [0.1, 0.15) is 24.8 Å². The molecule has 2 N–H and O–H groups in total. The number of hydrogen-bond donors (Lipinski definition) is 2. The molecule has 0 aromatic carbocycles. The fourth-order valence-electron chi connectivity index (χ4n) is 2.08. The Balaban J connectivity index is 1.99. The lowest BCUT2D eigenvalue weighted by molar-refractivity contribution is 0.222. The zero-order valence-corrected chi connectivity index (χ0v) is 8.98. The van der Waals surface area contributed by atoms with E-state index in [-0.39, 0.29) is 6.61 Å². The third-order valence-corrected chi connectivity index (χ3v) is 2.99.